The van der Waals surface area contributed by atoms with Gasteiger partial charge in [-0.25, -0.2) is 9.18 Å². The van der Waals surface area contributed by atoms with E-state index in [1.807, 2.05) is 0 Å². The summed E-state index contributed by atoms with van der Waals surface area (Å²) in [6.07, 6.45) is 1.26. The normalized spacial score (nSPS) is 14.1. The predicted octanol–water partition coefficient (Wildman–Crippen LogP) is 4.04. The molecule has 2 aromatic rings. The van der Waals surface area contributed by atoms with Gasteiger partial charge in [-0.2, -0.15) is 0 Å². The summed E-state index contributed by atoms with van der Waals surface area (Å²) in [4.78, 5) is 23.7. The molecule has 0 aliphatic carbocycles. The van der Waals surface area contributed by atoms with Crippen molar-refractivity contribution in [1.82, 2.24) is 0 Å². The molecule has 0 amide bonds. The van der Waals surface area contributed by atoms with E-state index in [1.54, 1.807) is 13.0 Å². The van der Waals surface area contributed by atoms with Gasteiger partial charge in [-0.15, -0.1) is 0 Å². The SMILES string of the molecule is CCOC(=O)COc1ccc2c(c1)O/C(=C/c1c(F)cccc1Cl)C2=O. The molecule has 0 radical (unpaired) electrons. The molecule has 0 saturated heterocycles. The van der Waals surface area contributed by atoms with E-state index in [2.05, 4.69) is 0 Å². The lowest BCUT2D eigenvalue weighted by Crippen LogP contribution is -2.14. The second-order valence-corrected chi connectivity index (χ2v) is 5.73. The smallest absolute Gasteiger partial charge is 0.344 e. The molecule has 0 saturated carbocycles. The molecule has 2 aromatic carbocycles. The summed E-state index contributed by atoms with van der Waals surface area (Å²) in [7, 11) is 0. The van der Waals surface area contributed by atoms with Gasteiger partial charge in [-0.3, -0.25) is 4.79 Å². The van der Waals surface area contributed by atoms with Crippen LogP contribution < -0.4 is 9.47 Å². The van der Waals surface area contributed by atoms with Gasteiger partial charge in [0.2, 0.25) is 5.78 Å². The highest BCUT2D eigenvalue weighted by atomic mass is 35.5. The fourth-order valence-corrected chi connectivity index (χ4v) is 2.60. The third-order valence-electron chi connectivity index (χ3n) is 3.58. The number of halogens is 2. The molecule has 0 aromatic heterocycles. The number of carbonyl (C=O) groups is 2. The molecule has 0 bridgehead atoms. The average Bonchev–Trinajstić information content (AvgIpc) is 2.92. The van der Waals surface area contributed by atoms with Crippen LogP contribution in [0.2, 0.25) is 5.02 Å². The summed E-state index contributed by atoms with van der Waals surface area (Å²) >= 11 is 5.97. The molecule has 0 fully saturated rings. The molecule has 0 atom stereocenters. The summed E-state index contributed by atoms with van der Waals surface area (Å²) in [6.45, 7) is 1.70. The van der Waals surface area contributed by atoms with Crippen molar-refractivity contribution < 1.29 is 28.2 Å². The van der Waals surface area contributed by atoms with Gasteiger partial charge in [0.1, 0.15) is 17.3 Å². The summed E-state index contributed by atoms with van der Waals surface area (Å²) in [5.41, 5.74) is 0.385. The maximum absolute atomic E-state index is 13.9. The van der Waals surface area contributed by atoms with Crippen LogP contribution in [-0.4, -0.2) is 25.0 Å². The number of carbonyl (C=O) groups excluding carboxylic acids is 2. The van der Waals surface area contributed by atoms with Gasteiger partial charge in [-0.1, -0.05) is 17.7 Å². The van der Waals surface area contributed by atoms with E-state index in [-0.39, 0.29) is 35.3 Å². The van der Waals surface area contributed by atoms with Gasteiger partial charge < -0.3 is 14.2 Å². The molecule has 0 unspecified atom stereocenters. The first-order chi connectivity index (χ1) is 12.5. The Kier molecular flexibility index (Phi) is 5.23. The summed E-state index contributed by atoms with van der Waals surface area (Å²) in [5, 5.41) is 0.170. The van der Waals surface area contributed by atoms with E-state index in [0.29, 0.717) is 11.3 Å². The fraction of sp³-hybridized carbons (Fsp3) is 0.158. The minimum absolute atomic E-state index is 0.0467. The van der Waals surface area contributed by atoms with Crippen molar-refractivity contribution in [2.24, 2.45) is 0 Å². The lowest BCUT2D eigenvalue weighted by molar-refractivity contribution is -0.145. The van der Waals surface area contributed by atoms with Crippen molar-refractivity contribution in [2.45, 2.75) is 6.92 Å². The van der Waals surface area contributed by atoms with Crippen molar-refractivity contribution in [3.05, 3.63) is 64.1 Å². The number of rotatable bonds is 5. The first-order valence-electron chi connectivity index (χ1n) is 7.80. The molecule has 0 N–H and O–H groups in total. The van der Waals surface area contributed by atoms with Crippen LogP contribution in [0.1, 0.15) is 22.8 Å². The number of Topliss-reactive ketones (excluding diaryl/α,β-unsaturated/α-hetero) is 1. The van der Waals surface area contributed by atoms with Crippen LogP contribution in [0.5, 0.6) is 11.5 Å². The van der Waals surface area contributed by atoms with E-state index >= 15 is 0 Å². The van der Waals surface area contributed by atoms with E-state index in [4.69, 9.17) is 25.8 Å². The lowest BCUT2D eigenvalue weighted by Gasteiger charge is -2.06. The van der Waals surface area contributed by atoms with Crippen LogP contribution in [0.15, 0.2) is 42.2 Å². The lowest BCUT2D eigenvalue weighted by atomic mass is 10.1. The summed E-state index contributed by atoms with van der Waals surface area (Å²) < 4.78 is 29.5. The Hall–Kier alpha value is -2.86. The number of allylic oxidation sites excluding steroid dienone is 1. The van der Waals surface area contributed by atoms with Crippen LogP contribution in [0.4, 0.5) is 4.39 Å². The van der Waals surface area contributed by atoms with Gasteiger partial charge in [0.05, 0.1) is 17.2 Å². The van der Waals surface area contributed by atoms with Crippen molar-refractivity contribution in [2.75, 3.05) is 13.2 Å². The highest BCUT2D eigenvalue weighted by Gasteiger charge is 2.28. The molecule has 0 spiro atoms. The van der Waals surface area contributed by atoms with Crippen molar-refractivity contribution in [1.29, 1.82) is 0 Å². The molecule has 1 heterocycles. The number of ether oxygens (including phenoxy) is 3. The fourth-order valence-electron chi connectivity index (χ4n) is 2.38. The Labute approximate surface area is 153 Å². The molecular formula is C19H14ClFO5. The molecule has 3 rings (SSSR count). The number of hydrogen-bond acceptors (Lipinski definition) is 5. The Balaban J connectivity index is 1.81. The maximum atomic E-state index is 13.9. The van der Waals surface area contributed by atoms with E-state index in [9.17, 15) is 14.0 Å². The Morgan fingerprint density at radius 1 is 1.31 bits per heavy atom. The van der Waals surface area contributed by atoms with Crippen molar-refractivity contribution in [3.63, 3.8) is 0 Å². The first-order valence-corrected chi connectivity index (χ1v) is 8.18. The van der Waals surface area contributed by atoms with E-state index in [0.717, 1.165) is 0 Å². The largest absolute Gasteiger partial charge is 0.482 e. The highest BCUT2D eigenvalue weighted by molar-refractivity contribution is 6.32. The van der Waals surface area contributed by atoms with E-state index < -0.39 is 17.6 Å². The van der Waals surface area contributed by atoms with Crippen LogP contribution >= 0.6 is 11.6 Å². The molecule has 5 nitrogen and oxygen atoms in total. The Morgan fingerprint density at radius 3 is 2.85 bits per heavy atom. The molecule has 1 aliphatic rings. The molecule has 26 heavy (non-hydrogen) atoms. The van der Waals surface area contributed by atoms with Crippen LogP contribution in [0.25, 0.3) is 6.08 Å². The molecule has 1 aliphatic heterocycles. The van der Waals surface area contributed by atoms with Gasteiger partial charge in [0.25, 0.3) is 0 Å². The minimum atomic E-state index is -0.559. The highest BCUT2D eigenvalue weighted by Crippen LogP contribution is 2.35. The Bertz CT molecular complexity index is 887. The van der Waals surface area contributed by atoms with Gasteiger partial charge in [-0.05, 0) is 37.3 Å². The van der Waals surface area contributed by atoms with Gasteiger partial charge >= 0.3 is 5.97 Å². The number of ketones is 1. The zero-order valence-electron chi connectivity index (χ0n) is 13.8. The predicted molar refractivity (Wildman–Crippen MR) is 92.9 cm³/mol. The zero-order chi connectivity index (χ0) is 18.7. The van der Waals surface area contributed by atoms with E-state index in [1.165, 1.54) is 36.4 Å². The monoisotopic (exact) mass is 376 g/mol. The quantitative estimate of drug-likeness (QED) is 0.582. The summed E-state index contributed by atoms with van der Waals surface area (Å²) in [5.74, 6) is -0.897. The topological polar surface area (TPSA) is 61.8 Å². The third-order valence-corrected chi connectivity index (χ3v) is 3.91. The number of benzene rings is 2. The average molecular weight is 377 g/mol. The van der Waals surface area contributed by atoms with Crippen LogP contribution in [0.3, 0.4) is 0 Å². The third kappa shape index (κ3) is 3.70. The van der Waals surface area contributed by atoms with Crippen LogP contribution in [0, 0.1) is 5.82 Å². The number of hydrogen-bond donors (Lipinski definition) is 0. The first kappa shape index (κ1) is 17.9. The van der Waals surface area contributed by atoms with Gasteiger partial charge in [0, 0.05) is 11.6 Å². The van der Waals surface area contributed by atoms with Gasteiger partial charge in [0.15, 0.2) is 12.4 Å². The second-order valence-electron chi connectivity index (χ2n) is 5.33. The molecule has 7 heteroatoms. The number of fused-ring (bicyclic) bond motifs is 1. The Morgan fingerprint density at radius 2 is 2.12 bits per heavy atom. The maximum Gasteiger partial charge on any atom is 0.344 e. The summed E-state index contributed by atoms with van der Waals surface area (Å²) in [6, 6.07) is 8.77. The number of esters is 1. The molecule has 134 valence electrons. The standard InChI is InChI=1S/C19H14ClFO5/c1-2-24-18(22)10-25-11-6-7-12-16(8-11)26-17(19(12)23)9-13-14(20)4-3-5-15(13)21/h3-9H,2,10H2,1H3/b17-9+. The second kappa shape index (κ2) is 7.58. The minimum Gasteiger partial charge on any atom is -0.482 e. The van der Waals surface area contributed by atoms with Crippen molar-refractivity contribution in [3.8, 4) is 11.5 Å². The van der Waals surface area contributed by atoms with Crippen molar-refractivity contribution >= 4 is 29.4 Å². The zero-order valence-corrected chi connectivity index (χ0v) is 14.5. The van der Waals surface area contributed by atoms with Crippen LogP contribution in [-0.2, 0) is 9.53 Å². The molecular weight excluding hydrogens is 363 g/mol.